The van der Waals surface area contributed by atoms with Crippen molar-refractivity contribution >= 4 is 11.8 Å². The van der Waals surface area contributed by atoms with E-state index in [-0.39, 0.29) is 12.2 Å². The maximum atomic E-state index is 11.8. The van der Waals surface area contributed by atoms with Crippen molar-refractivity contribution in [2.24, 2.45) is 0 Å². The van der Waals surface area contributed by atoms with Crippen LogP contribution in [0.1, 0.15) is 35.2 Å². The summed E-state index contributed by atoms with van der Waals surface area (Å²) in [6, 6.07) is 5.45. The van der Waals surface area contributed by atoms with E-state index in [0.717, 1.165) is 24.0 Å². The number of carboxylic acid groups (broad SMARTS) is 1. The number of ketones is 1. The van der Waals surface area contributed by atoms with E-state index in [1.165, 1.54) is 0 Å². The molecule has 5 heteroatoms. The number of aliphatic carboxylic acids is 1. The third-order valence-corrected chi connectivity index (χ3v) is 3.93. The van der Waals surface area contributed by atoms with Crippen molar-refractivity contribution in [1.29, 1.82) is 0 Å². The first-order valence-electron chi connectivity index (χ1n) is 6.86. The molecule has 1 aliphatic carbocycles. The summed E-state index contributed by atoms with van der Waals surface area (Å²) in [4.78, 5) is 22.7. The molecule has 0 atom stereocenters. The molecule has 20 heavy (non-hydrogen) atoms. The topological polar surface area (TPSA) is 75.6 Å². The molecule has 0 radical (unpaired) electrons. The Hall–Kier alpha value is -1.88. The first-order valence-corrected chi connectivity index (χ1v) is 6.86. The van der Waals surface area contributed by atoms with Crippen LogP contribution in [0.3, 0.4) is 0 Å². The lowest BCUT2D eigenvalue weighted by atomic mass is 9.90. The Morgan fingerprint density at radius 3 is 2.80 bits per heavy atom. The molecule has 106 valence electrons. The number of ether oxygens (including phenoxy) is 1. The number of carboxylic acids is 1. The number of nitrogens with one attached hydrogen (secondary N) is 1. The van der Waals surface area contributed by atoms with E-state index in [4.69, 9.17) is 9.84 Å². The van der Waals surface area contributed by atoms with Crippen molar-refractivity contribution in [2.45, 2.75) is 31.3 Å². The number of rotatable bonds is 4. The number of Topliss-reactive ketones (excluding diaryl/α,β-unsaturated/α-hetero) is 1. The summed E-state index contributed by atoms with van der Waals surface area (Å²) >= 11 is 0. The van der Waals surface area contributed by atoms with Crippen LogP contribution in [-0.4, -0.2) is 35.5 Å². The Labute approximate surface area is 116 Å². The van der Waals surface area contributed by atoms with Crippen molar-refractivity contribution in [3.63, 3.8) is 0 Å². The number of aryl methyl sites for hydroxylation is 1. The van der Waals surface area contributed by atoms with Crippen LogP contribution in [0.15, 0.2) is 18.2 Å². The highest BCUT2D eigenvalue weighted by Gasteiger charge is 2.41. The molecule has 1 saturated heterocycles. The van der Waals surface area contributed by atoms with Gasteiger partial charge in [0.1, 0.15) is 11.4 Å². The van der Waals surface area contributed by atoms with Gasteiger partial charge in [0.05, 0.1) is 6.42 Å². The fourth-order valence-corrected chi connectivity index (χ4v) is 2.85. The maximum Gasteiger partial charge on any atom is 0.307 e. The summed E-state index contributed by atoms with van der Waals surface area (Å²) in [5, 5.41) is 12.0. The average Bonchev–Trinajstić information content (AvgIpc) is 2.36. The van der Waals surface area contributed by atoms with Crippen molar-refractivity contribution < 1.29 is 19.4 Å². The van der Waals surface area contributed by atoms with E-state index >= 15 is 0 Å². The molecule has 0 amide bonds. The largest absolute Gasteiger partial charge is 0.484 e. The lowest BCUT2D eigenvalue weighted by Crippen LogP contribution is -2.64. The molecule has 1 aromatic carbocycles. The lowest BCUT2D eigenvalue weighted by Gasteiger charge is -2.41. The van der Waals surface area contributed by atoms with Gasteiger partial charge in [0.15, 0.2) is 5.78 Å². The van der Waals surface area contributed by atoms with Gasteiger partial charge in [-0.1, -0.05) is 0 Å². The second-order valence-electron chi connectivity index (χ2n) is 5.55. The maximum absolute atomic E-state index is 11.8. The molecular weight excluding hydrogens is 258 g/mol. The van der Waals surface area contributed by atoms with Gasteiger partial charge in [-0.25, -0.2) is 0 Å². The van der Waals surface area contributed by atoms with E-state index in [1.807, 2.05) is 6.07 Å². The molecule has 0 aromatic heterocycles. The molecule has 0 unspecified atom stereocenters. The summed E-state index contributed by atoms with van der Waals surface area (Å²) in [7, 11) is 0. The van der Waals surface area contributed by atoms with Crippen molar-refractivity contribution in [3.05, 3.63) is 29.3 Å². The number of hydrogen-bond donors (Lipinski definition) is 2. The molecule has 1 aromatic rings. The zero-order valence-corrected chi connectivity index (χ0v) is 11.1. The van der Waals surface area contributed by atoms with Gasteiger partial charge in [-0.15, -0.1) is 0 Å². The molecule has 0 bridgehead atoms. The van der Waals surface area contributed by atoms with Crippen LogP contribution < -0.4 is 10.1 Å². The van der Waals surface area contributed by atoms with Crippen molar-refractivity contribution in [3.8, 4) is 5.75 Å². The number of fused-ring (bicyclic) bond motifs is 1. The number of hydrogen-bond acceptors (Lipinski definition) is 4. The highest BCUT2D eigenvalue weighted by atomic mass is 16.5. The van der Waals surface area contributed by atoms with Gasteiger partial charge in [0, 0.05) is 25.1 Å². The highest BCUT2D eigenvalue weighted by molar-refractivity contribution is 5.98. The van der Waals surface area contributed by atoms with Gasteiger partial charge in [-0.3, -0.25) is 9.59 Å². The fraction of sp³-hybridized carbons (Fsp3) is 0.467. The van der Waals surface area contributed by atoms with Gasteiger partial charge >= 0.3 is 5.97 Å². The first kappa shape index (κ1) is 13.1. The van der Waals surface area contributed by atoms with E-state index in [2.05, 4.69) is 5.32 Å². The van der Waals surface area contributed by atoms with E-state index < -0.39 is 11.6 Å². The van der Waals surface area contributed by atoms with Gasteiger partial charge in [-0.2, -0.15) is 0 Å². The summed E-state index contributed by atoms with van der Waals surface area (Å²) in [5.41, 5.74) is 1.14. The van der Waals surface area contributed by atoms with Crippen molar-refractivity contribution in [1.82, 2.24) is 5.32 Å². The number of carbonyl (C=O) groups excluding carboxylic acids is 1. The molecule has 3 rings (SSSR count). The zero-order valence-electron chi connectivity index (χ0n) is 11.1. The minimum atomic E-state index is -0.861. The quantitative estimate of drug-likeness (QED) is 0.868. The van der Waals surface area contributed by atoms with Crippen LogP contribution in [0, 0.1) is 0 Å². The highest BCUT2D eigenvalue weighted by Crippen LogP contribution is 2.30. The summed E-state index contributed by atoms with van der Waals surface area (Å²) in [6.07, 6.45) is 2.34. The molecule has 0 spiro atoms. The molecule has 1 fully saturated rings. The first-order chi connectivity index (χ1) is 9.58. The van der Waals surface area contributed by atoms with Gasteiger partial charge in [0.2, 0.25) is 0 Å². The van der Waals surface area contributed by atoms with E-state index in [9.17, 15) is 9.59 Å². The monoisotopic (exact) mass is 275 g/mol. The molecule has 5 nitrogen and oxygen atoms in total. The van der Waals surface area contributed by atoms with Crippen molar-refractivity contribution in [2.75, 3.05) is 13.1 Å². The Kier molecular flexibility index (Phi) is 3.22. The average molecular weight is 275 g/mol. The lowest BCUT2D eigenvalue weighted by molar-refractivity contribution is -0.143. The third-order valence-electron chi connectivity index (χ3n) is 3.93. The predicted molar refractivity (Wildman–Crippen MR) is 72.2 cm³/mol. The van der Waals surface area contributed by atoms with Crippen LogP contribution in [-0.2, 0) is 11.2 Å². The van der Waals surface area contributed by atoms with E-state index in [1.54, 1.807) is 12.1 Å². The summed E-state index contributed by atoms with van der Waals surface area (Å²) in [6.45, 7) is 1.07. The second kappa shape index (κ2) is 4.90. The number of benzene rings is 1. The molecular formula is C15H17NO4. The van der Waals surface area contributed by atoms with Gasteiger partial charge in [0.25, 0.3) is 0 Å². The van der Waals surface area contributed by atoms with Crippen LogP contribution in [0.25, 0.3) is 0 Å². The molecule has 2 aliphatic rings. The third kappa shape index (κ3) is 2.41. The minimum absolute atomic E-state index is 0.0178. The molecule has 1 aliphatic heterocycles. The standard InChI is InChI=1S/C15H17NO4/c17-13-3-1-2-10-6-11(4-5-12(10)13)20-15(7-14(18)19)8-16-9-15/h4-6,16H,1-3,7-9H2,(H,18,19). The normalized spacial score (nSPS) is 19.9. The minimum Gasteiger partial charge on any atom is -0.484 e. The van der Waals surface area contributed by atoms with Crippen LogP contribution in [0.2, 0.25) is 0 Å². The molecule has 2 N–H and O–H groups in total. The smallest absolute Gasteiger partial charge is 0.307 e. The van der Waals surface area contributed by atoms with Gasteiger partial charge in [-0.05, 0) is 36.6 Å². The molecule has 1 heterocycles. The summed E-state index contributed by atoms with van der Waals surface area (Å²) in [5.74, 6) is -0.0239. The SMILES string of the molecule is O=C(O)CC1(Oc2ccc3c(c2)CCCC3=O)CNC1. The Bertz CT molecular complexity index is 563. The second-order valence-corrected chi connectivity index (χ2v) is 5.55. The Morgan fingerprint density at radius 1 is 1.35 bits per heavy atom. The Balaban J connectivity index is 1.81. The number of carbonyl (C=O) groups is 2. The fourth-order valence-electron chi connectivity index (χ4n) is 2.85. The predicted octanol–water partition coefficient (Wildman–Crippen LogP) is 1.40. The molecule has 0 saturated carbocycles. The van der Waals surface area contributed by atoms with Crippen LogP contribution in [0.4, 0.5) is 0 Å². The Morgan fingerprint density at radius 2 is 2.15 bits per heavy atom. The van der Waals surface area contributed by atoms with Gasteiger partial charge < -0.3 is 15.2 Å². The zero-order chi connectivity index (χ0) is 14.2. The van der Waals surface area contributed by atoms with E-state index in [0.29, 0.717) is 25.3 Å². The summed E-state index contributed by atoms with van der Waals surface area (Å²) < 4.78 is 5.90. The van der Waals surface area contributed by atoms with Crippen LogP contribution in [0.5, 0.6) is 5.75 Å². The van der Waals surface area contributed by atoms with Crippen LogP contribution >= 0.6 is 0 Å².